The molecule has 24 heavy (non-hydrogen) atoms. The lowest BCUT2D eigenvalue weighted by Gasteiger charge is -2.09. The summed E-state index contributed by atoms with van der Waals surface area (Å²) in [6, 6.07) is 6.70. The number of nitrogens with zero attached hydrogens (tertiary/aromatic N) is 1. The van der Waals surface area contributed by atoms with Crippen LogP contribution in [0.1, 0.15) is 47.1 Å². The predicted octanol–water partition coefficient (Wildman–Crippen LogP) is 1.90. The Labute approximate surface area is 140 Å². The van der Waals surface area contributed by atoms with Crippen LogP contribution in [0.4, 0.5) is 0 Å². The van der Waals surface area contributed by atoms with E-state index in [1.807, 2.05) is 20.8 Å². The second-order valence-electron chi connectivity index (χ2n) is 5.73. The van der Waals surface area contributed by atoms with Crippen molar-refractivity contribution >= 4 is 11.8 Å². The number of hydrogen-bond donors (Lipinski definition) is 2. The first-order chi connectivity index (χ1) is 11.4. The number of hydrogen-bond acceptors (Lipinski definition) is 5. The monoisotopic (exact) mass is 331 g/mol. The number of amides is 2. The van der Waals surface area contributed by atoms with Gasteiger partial charge in [0, 0.05) is 11.5 Å². The summed E-state index contributed by atoms with van der Waals surface area (Å²) in [4.78, 5) is 22.7. The highest BCUT2D eigenvalue weighted by atomic mass is 16.5. The molecule has 128 valence electrons. The van der Waals surface area contributed by atoms with Crippen LogP contribution in [0.25, 0.3) is 0 Å². The van der Waals surface area contributed by atoms with Crippen molar-refractivity contribution in [1.82, 2.24) is 10.5 Å². The summed E-state index contributed by atoms with van der Waals surface area (Å²) in [5.74, 6) is 0.554. The maximum Gasteiger partial charge on any atom is 0.251 e. The largest absolute Gasteiger partial charge is 0.489 e. The minimum absolute atomic E-state index is 0.204. The van der Waals surface area contributed by atoms with Crippen molar-refractivity contribution in [3.8, 4) is 5.75 Å². The fourth-order valence-corrected chi connectivity index (χ4v) is 2.19. The molecule has 0 saturated heterocycles. The van der Waals surface area contributed by atoms with Gasteiger partial charge in [-0.3, -0.25) is 9.59 Å². The minimum Gasteiger partial charge on any atom is -0.489 e. The van der Waals surface area contributed by atoms with E-state index in [-0.39, 0.29) is 18.4 Å². The summed E-state index contributed by atoms with van der Waals surface area (Å²) in [6.45, 7) is 6.00. The number of carbonyl (C=O) groups is 2. The molecule has 1 aromatic carbocycles. The Hall–Kier alpha value is -2.83. The van der Waals surface area contributed by atoms with E-state index in [0.29, 0.717) is 17.9 Å². The van der Waals surface area contributed by atoms with Crippen molar-refractivity contribution in [1.29, 1.82) is 0 Å². The molecule has 2 aromatic rings. The molecule has 7 nitrogen and oxygen atoms in total. The predicted molar refractivity (Wildman–Crippen MR) is 87.6 cm³/mol. The van der Waals surface area contributed by atoms with Crippen LogP contribution in [0.5, 0.6) is 5.75 Å². The Morgan fingerprint density at radius 1 is 1.38 bits per heavy atom. The molecular formula is C17H21N3O4. The van der Waals surface area contributed by atoms with Gasteiger partial charge in [-0.25, -0.2) is 0 Å². The summed E-state index contributed by atoms with van der Waals surface area (Å²) in [5.41, 5.74) is 7.10. The topological polar surface area (TPSA) is 107 Å². The van der Waals surface area contributed by atoms with Gasteiger partial charge in [0.2, 0.25) is 5.91 Å². The van der Waals surface area contributed by atoms with E-state index in [0.717, 1.165) is 17.0 Å². The highest BCUT2D eigenvalue weighted by Gasteiger charge is 2.17. The molecule has 2 rings (SSSR count). The van der Waals surface area contributed by atoms with E-state index < -0.39 is 5.91 Å². The minimum atomic E-state index is -0.597. The Morgan fingerprint density at radius 3 is 2.79 bits per heavy atom. The zero-order valence-corrected chi connectivity index (χ0v) is 14.0. The number of rotatable bonds is 7. The number of primary amides is 1. The first kappa shape index (κ1) is 17.5. The lowest BCUT2D eigenvalue weighted by Crippen LogP contribution is -2.33. The molecule has 0 aliphatic heterocycles. The van der Waals surface area contributed by atoms with Crippen molar-refractivity contribution in [3.63, 3.8) is 0 Å². The van der Waals surface area contributed by atoms with Gasteiger partial charge in [-0.05, 0) is 25.1 Å². The van der Waals surface area contributed by atoms with Crippen LogP contribution in [0.3, 0.4) is 0 Å². The van der Waals surface area contributed by atoms with E-state index in [9.17, 15) is 9.59 Å². The molecule has 0 spiro atoms. The Kier molecular flexibility index (Phi) is 5.57. The molecule has 1 aromatic heterocycles. The number of aromatic nitrogens is 1. The first-order valence-corrected chi connectivity index (χ1v) is 7.63. The van der Waals surface area contributed by atoms with E-state index in [1.165, 1.54) is 0 Å². The van der Waals surface area contributed by atoms with Gasteiger partial charge >= 0.3 is 0 Å². The average Bonchev–Trinajstić information content (AvgIpc) is 2.92. The molecule has 0 aliphatic rings. The van der Waals surface area contributed by atoms with Gasteiger partial charge in [-0.15, -0.1) is 0 Å². The number of ether oxygens (including phenoxy) is 1. The van der Waals surface area contributed by atoms with Crippen molar-refractivity contribution < 1.29 is 18.8 Å². The molecule has 0 fully saturated rings. The Balaban J connectivity index is 2.06. The van der Waals surface area contributed by atoms with E-state index >= 15 is 0 Å². The fraction of sp³-hybridized carbons (Fsp3) is 0.353. The molecule has 7 heteroatoms. The van der Waals surface area contributed by atoms with Gasteiger partial charge in [0.25, 0.3) is 5.91 Å². The molecule has 0 saturated carbocycles. The molecule has 2 amide bonds. The van der Waals surface area contributed by atoms with E-state index in [4.69, 9.17) is 15.0 Å². The summed E-state index contributed by atoms with van der Waals surface area (Å²) in [5, 5.41) is 6.41. The molecule has 0 atom stereocenters. The van der Waals surface area contributed by atoms with Gasteiger partial charge in [-0.1, -0.05) is 25.1 Å². The number of nitrogens with one attached hydrogen (secondary N) is 1. The molecule has 0 aliphatic carbocycles. The van der Waals surface area contributed by atoms with Crippen molar-refractivity contribution in [2.75, 3.05) is 6.54 Å². The SMILES string of the molecule is Cc1noc(C(C)C)c1COc1cccc(C(=O)NCC(N)=O)c1. The third kappa shape index (κ3) is 4.34. The van der Waals surface area contributed by atoms with Crippen LogP contribution >= 0.6 is 0 Å². The second-order valence-corrected chi connectivity index (χ2v) is 5.73. The maximum atomic E-state index is 11.9. The maximum absolute atomic E-state index is 11.9. The third-order valence-corrected chi connectivity index (χ3v) is 3.44. The molecule has 0 unspecified atom stereocenters. The number of nitrogens with two attached hydrogens (primary N) is 1. The summed E-state index contributed by atoms with van der Waals surface area (Å²) >= 11 is 0. The molecular weight excluding hydrogens is 310 g/mol. The third-order valence-electron chi connectivity index (χ3n) is 3.44. The normalized spacial score (nSPS) is 10.7. The van der Waals surface area contributed by atoms with Crippen molar-refractivity contribution in [3.05, 3.63) is 46.8 Å². The van der Waals surface area contributed by atoms with Crippen LogP contribution < -0.4 is 15.8 Å². The zero-order chi connectivity index (χ0) is 17.7. The lowest BCUT2D eigenvalue weighted by molar-refractivity contribution is -0.117. The standard InChI is InChI=1S/C17H21N3O4/c1-10(2)16-14(11(3)20-24-16)9-23-13-6-4-5-12(7-13)17(22)19-8-15(18)21/h4-7,10H,8-9H2,1-3H3,(H2,18,21)(H,19,22). The van der Waals surface area contributed by atoms with E-state index in [2.05, 4.69) is 10.5 Å². The van der Waals surface area contributed by atoms with Crippen LogP contribution in [0.2, 0.25) is 0 Å². The van der Waals surface area contributed by atoms with E-state index in [1.54, 1.807) is 24.3 Å². The fourth-order valence-electron chi connectivity index (χ4n) is 2.19. The van der Waals surface area contributed by atoms with Gasteiger partial charge < -0.3 is 20.3 Å². The van der Waals surface area contributed by atoms with Crippen LogP contribution in [-0.4, -0.2) is 23.5 Å². The summed E-state index contributed by atoms with van der Waals surface area (Å²) in [6.07, 6.45) is 0. The highest BCUT2D eigenvalue weighted by Crippen LogP contribution is 2.24. The molecule has 0 radical (unpaired) electrons. The number of aryl methyl sites for hydroxylation is 1. The summed E-state index contributed by atoms with van der Waals surface area (Å²) in [7, 11) is 0. The highest BCUT2D eigenvalue weighted by molar-refractivity contribution is 5.96. The first-order valence-electron chi connectivity index (χ1n) is 7.63. The summed E-state index contributed by atoms with van der Waals surface area (Å²) < 4.78 is 11.1. The quantitative estimate of drug-likeness (QED) is 0.805. The van der Waals surface area contributed by atoms with Crippen LogP contribution in [0.15, 0.2) is 28.8 Å². The smallest absolute Gasteiger partial charge is 0.251 e. The average molecular weight is 331 g/mol. The number of benzene rings is 1. The van der Waals surface area contributed by atoms with Crippen LogP contribution in [-0.2, 0) is 11.4 Å². The van der Waals surface area contributed by atoms with Gasteiger partial charge in [0.1, 0.15) is 18.1 Å². The Morgan fingerprint density at radius 2 is 2.12 bits per heavy atom. The van der Waals surface area contributed by atoms with Gasteiger partial charge in [0.15, 0.2) is 0 Å². The second kappa shape index (κ2) is 7.63. The Bertz CT molecular complexity index is 737. The van der Waals surface area contributed by atoms with Crippen molar-refractivity contribution in [2.24, 2.45) is 5.73 Å². The molecule has 3 N–H and O–H groups in total. The van der Waals surface area contributed by atoms with Crippen molar-refractivity contribution in [2.45, 2.75) is 33.3 Å². The van der Waals surface area contributed by atoms with Gasteiger partial charge in [-0.2, -0.15) is 0 Å². The molecule has 0 bridgehead atoms. The zero-order valence-electron chi connectivity index (χ0n) is 14.0. The van der Waals surface area contributed by atoms with Gasteiger partial charge in [0.05, 0.1) is 17.8 Å². The number of carbonyl (C=O) groups excluding carboxylic acids is 2. The van der Waals surface area contributed by atoms with Crippen LogP contribution in [0, 0.1) is 6.92 Å². The lowest BCUT2D eigenvalue weighted by atomic mass is 10.1. The molecule has 1 heterocycles.